The second-order valence-electron chi connectivity index (χ2n) is 9.56. The normalized spacial score (nSPS) is 11.9. The summed E-state index contributed by atoms with van der Waals surface area (Å²) in [5.74, 6) is -0.240. The largest absolute Gasteiger partial charge is 0.468 e. The lowest BCUT2D eigenvalue weighted by molar-refractivity contribution is -0.143. The smallest absolute Gasteiger partial charge is 0.322 e. The Kier molecular flexibility index (Phi) is 10.4. The lowest BCUT2D eigenvalue weighted by atomic mass is 10.1. The molecule has 8 nitrogen and oxygen atoms in total. The van der Waals surface area contributed by atoms with Crippen LogP contribution in [0.25, 0.3) is 27.7 Å². The number of rotatable bonds is 13. The SMILES string of the molecule is COC(=O)[C@H](CCCN=C(N)N)NCCCCc1cc(-c2cc(Cl)cc(Cl)c2)nn1-c1ccc2ccccc2c1. The molecule has 1 atom stereocenters. The summed E-state index contributed by atoms with van der Waals surface area (Å²) >= 11 is 12.6. The minimum atomic E-state index is -0.401. The number of carbonyl (C=O) groups excluding carboxylic acids is 1. The number of carbonyl (C=O) groups is 1. The molecule has 40 heavy (non-hydrogen) atoms. The second-order valence-corrected chi connectivity index (χ2v) is 10.4. The number of methoxy groups -OCH3 is 1. The molecule has 0 aliphatic rings. The van der Waals surface area contributed by atoms with Gasteiger partial charge in [-0.15, -0.1) is 0 Å². The molecule has 5 N–H and O–H groups in total. The van der Waals surface area contributed by atoms with Crippen molar-refractivity contribution in [2.24, 2.45) is 16.5 Å². The molecule has 0 fully saturated rings. The van der Waals surface area contributed by atoms with Gasteiger partial charge in [-0.3, -0.25) is 9.79 Å². The maximum Gasteiger partial charge on any atom is 0.322 e. The first kappa shape index (κ1) is 29.4. The lowest BCUT2D eigenvalue weighted by Crippen LogP contribution is -2.38. The Morgan fingerprint density at radius 2 is 1.75 bits per heavy atom. The third kappa shape index (κ3) is 7.97. The van der Waals surface area contributed by atoms with E-state index in [0.717, 1.165) is 47.3 Å². The van der Waals surface area contributed by atoms with Crippen LogP contribution in [0.4, 0.5) is 0 Å². The predicted molar refractivity (Wildman–Crippen MR) is 163 cm³/mol. The van der Waals surface area contributed by atoms with Gasteiger partial charge in [-0.25, -0.2) is 4.68 Å². The van der Waals surface area contributed by atoms with E-state index in [9.17, 15) is 4.79 Å². The maximum absolute atomic E-state index is 12.2. The number of hydrogen-bond donors (Lipinski definition) is 3. The van der Waals surface area contributed by atoms with Gasteiger partial charge < -0.3 is 21.5 Å². The Morgan fingerprint density at radius 3 is 2.48 bits per heavy atom. The summed E-state index contributed by atoms with van der Waals surface area (Å²) in [5.41, 5.74) is 14.5. The van der Waals surface area contributed by atoms with E-state index in [-0.39, 0.29) is 11.9 Å². The van der Waals surface area contributed by atoms with E-state index < -0.39 is 6.04 Å². The summed E-state index contributed by atoms with van der Waals surface area (Å²) in [6.07, 6.45) is 3.81. The second kappa shape index (κ2) is 14.2. The number of guanidine groups is 1. The number of fused-ring (bicyclic) bond motifs is 1. The van der Waals surface area contributed by atoms with Gasteiger partial charge in [-0.05, 0) is 85.8 Å². The summed E-state index contributed by atoms with van der Waals surface area (Å²) in [6, 6.07) is 21.7. The molecule has 1 heterocycles. The van der Waals surface area contributed by atoms with Crippen LogP contribution < -0.4 is 16.8 Å². The summed E-state index contributed by atoms with van der Waals surface area (Å²) in [6.45, 7) is 1.14. The third-order valence-corrected chi connectivity index (χ3v) is 7.04. The molecular formula is C30H34Cl2N6O2. The quantitative estimate of drug-likeness (QED) is 0.0830. The molecule has 0 saturated carbocycles. The van der Waals surface area contributed by atoms with E-state index in [2.05, 4.69) is 46.7 Å². The van der Waals surface area contributed by atoms with E-state index in [1.54, 1.807) is 6.07 Å². The molecule has 10 heteroatoms. The maximum atomic E-state index is 12.2. The molecule has 0 amide bonds. The van der Waals surface area contributed by atoms with Crippen LogP contribution in [-0.4, -0.2) is 48.0 Å². The highest BCUT2D eigenvalue weighted by molar-refractivity contribution is 6.35. The van der Waals surface area contributed by atoms with E-state index in [4.69, 9.17) is 44.5 Å². The van der Waals surface area contributed by atoms with Gasteiger partial charge in [0.15, 0.2) is 5.96 Å². The molecule has 0 aliphatic carbocycles. The minimum Gasteiger partial charge on any atom is -0.468 e. The van der Waals surface area contributed by atoms with Crippen molar-refractivity contribution in [2.75, 3.05) is 20.2 Å². The van der Waals surface area contributed by atoms with Crippen molar-refractivity contribution < 1.29 is 9.53 Å². The van der Waals surface area contributed by atoms with Gasteiger partial charge in [0.1, 0.15) is 6.04 Å². The number of halogens is 2. The van der Waals surface area contributed by atoms with Gasteiger partial charge >= 0.3 is 5.97 Å². The summed E-state index contributed by atoms with van der Waals surface area (Å²) in [4.78, 5) is 16.2. The summed E-state index contributed by atoms with van der Waals surface area (Å²) < 4.78 is 6.95. The first-order valence-electron chi connectivity index (χ1n) is 13.2. The monoisotopic (exact) mass is 580 g/mol. The van der Waals surface area contributed by atoms with E-state index in [1.807, 2.05) is 28.9 Å². The van der Waals surface area contributed by atoms with Crippen molar-refractivity contribution >= 4 is 45.9 Å². The van der Waals surface area contributed by atoms with Gasteiger partial charge in [0.25, 0.3) is 0 Å². The standard InChI is InChI=1S/C30H34Cl2N6O2/c1-40-29(39)27(10-6-14-36-30(33)34)35-13-5-4-9-25-19-28(22-15-23(31)18-24(32)16-22)37-38(25)26-12-11-20-7-2-3-8-21(20)17-26/h2-3,7-8,11-12,15-19,27,35H,4-6,9-10,13-14H2,1H3,(H4,33,34,36)/t27-/m0/s1. The van der Waals surface area contributed by atoms with Gasteiger partial charge in [0.05, 0.1) is 18.5 Å². The Balaban J connectivity index is 1.47. The van der Waals surface area contributed by atoms with Gasteiger partial charge in [0, 0.05) is 27.8 Å². The molecule has 3 aromatic carbocycles. The number of ether oxygens (including phenoxy) is 1. The van der Waals surface area contributed by atoms with Gasteiger partial charge in [-0.2, -0.15) is 5.10 Å². The number of nitrogens with two attached hydrogens (primary N) is 2. The van der Waals surface area contributed by atoms with Crippen LogP contribution in [0.2, 0.25) is 10.0 Å². The van der Waals surface area contributed by atoms with Gasteiger partial charge in [-0.1, -0.05) is 53.5 Å². The molecule has 210 valence electrons. The zero-order valence-corrected chi connectivity index (χ0v) is 24.0. The number of nitrogens with zero attached hydrogens (tertiary/aromatic N) is 3. The fraction of sp³-hybridized carbons (Fsp3) is 0.300. The first-order valence-corrected chi connectivity index (χ1v) is 14.0. The number of benzene rings is 3. The zero-order chi connectivity index (χ0) is 28.5. The van der Waals surface area contributed by atoms with E-state index >= 15 is 0 Å². The molecule has 0 spiro atoms. The Bertz CT molecular complexity index is 1460. The molecule has 4 aromatic rings. The summed E-state index contributed by atoms with van der Waals surface area (Å²) in [7, 11) is 1.39. The Hall–Kier alpha value is -3.59. The highest BCUT2D eigenvalue weighted by Gasteiger charge is 2.18. The van der Waals surface area contributed by atoms with Crippen molar-refractivity contribution in [3.05, 3.63) is 82.5 Å². The predicted octanol–water partition coefficient (Wildman–Crippen LogP) is 5.51. The number of aliphatic imine (C=N–C) groups is 1. The minimum absolute atomic E-state index is 0.0483. The van der Waals surface area contributed by atoms with Crippen LogP contribution in [0.3, 0.4) is 0 Å². The molecule has 4 rings (SSSR count). The van der Waals surface area contributed by atoms with Crippen LogP contribution >= 0.6 is 23.2 Å². The molecule has 1 aromatic heterocycles. The van der Waals surface area contributed by atoms with Crippen molar-refractivity contribution in [3.63, 3.8) is 0 Å². The van der Waals surface area contributed by atoms with Crippen LogP contribution in [0.5, 0.6) is 0 Å². The highest BCUT2D eigenvalue weighted by Crippen LogP contribution is 2.29. The van der Waals surface area contributed by atoms with Crippen LogP contribution in [0.15, 0.2) is 71.7 Å². The molecule has 0 radical (unpaired) electrons. The Morgan fingerprint density at radius 1 is 1.00 bits per heavy atom. The lowest BCUT2D eigenvalue weighted by Gasteiger charge is -2.16. The van der Waals surface area contributed by atoms with E-state index in [0.29, 0.717) is 36.0 Å². The molecule has 0 bridgehead atoms. The third-order valence-electron chi connectivity index (χ3n) is 6.60. The number of aromatic nitrogens is 2. The number of nitrogens with one attached hydrogen (secondary N) is 1. The van der Waals surface area contributed by atoms with Crippen molar-refractivity contribution in [2.45, 2.75) is 38.1 Å². The fourth-order valence-electron chi connectivity index (χ4n) is 4.63. The Labute approximate surface area is 244 Å². The summed E-state index contributed by atoms with van der Waals surface area (Å²) in [5, 5.41) is 11.7. The number of unbranched alkanes of at least 4 members (excludes halogenated alkanes) is 1. The molecule has 0 aliphatic heterocycles. The topological polar surface area (TPSA) is 121 Å². The van der Waals surface area contributed by atoms with Crippen molar-refractivity contribution in [1.82, 2.24) is 15.1 Å². The number of aryl methyl sites for hydroxylation is 1. The van der Waals surface area contributed by atoms with Crippen LogP contribution in [0, 0.1) is 0 Å². The first-order chi connectivity index (χ1) is 19.3. The molecular weight excluding hydrogens is 547 g/mol. The number of esters is 1. The average Bonchev–Trinajstić information content (AvgIpc) is 3.37. The zero-order valence-electron chi connectivity index (χ0n) is 22.4. The number of hydrogen-bond acceptors (Lipinski definition) is 5. The average molecular weight is 582 g/mol. The molecule has 0 saturated heterocycles. The molecule has 0 unspecified atom stereocenters. The van der Waals surface area contributed by atoms with Crippen molar-refractivity contribution in [1.29, 1.82) is 0 Å². The van der Waals surface area contributed by atoms with Crippen LogP contribution in [-0.2, 0) is 16.0 Å². The fourth-order valence-corrected chi connectivity index (χ4v) is 5.16. The van der Waals surface area contributed by atoms with Crippen molar-refractivity contribution in [3.8, 4) is 16.9 Å². The van der Waals surface area contributed by atoms with Gasteiger partial charge in [0.2, 0.25) is 0 Å². The van der Waals surface area contributed by atoms with Crippen LogP contribution in [0.1, 0.15) is 31.4 Å². The highest BCUT2D eigenvalue weighted by atomic mass is 35.5. The van der Waals surface area contributed by atoms with E-state index in [1.165, 1.54) is 12.5 Å².